The number of carbonyl (C=O) groups excluding carboxylic acids is 2. The Hall–Kier alpha value is -5.10. The number of rotatable bonds is 9. The van der Waals surface area contributed by atoms with Crippen molar-refractivity contribution >= 4 is 35.2 Å². The van der Waals surface area contributed by atoms with Gasteiger partial charge in [-0.25, -0.2) is 4.79 Å². The molecule has 0 aromatic heterocycles. The number of nitrogens with zero attached hydrogens (tertiary/aromatic N) is 1. The molecule has 0 unspecified atom stereocenters. The number of ether oxygens (including phenoxy) is 2. The first-order valence-electron chi connectivity index (χ1n) is 10.3. The molecular weight excluding hydrogens is 450 g/mol. The number of carboxylic acid groups (broad SMARTS) is 1. The molecule has 0 spiro atoms. The Morgan fingerprint density at radius 3 is 2.37 bits per heavy atom. The third-order valence-electron chi connectivity index (χ3n) is 4.65. The van der Waals surface area contributed by atoms with Gasteiger partial charge in [0.15, 0.2) is 18.1 Å². The normalized spacial score (nSPS) is 10.6. The molecule has 0 aliphatic rings. The fourth-order valence-electron chi connectivity index (χ4n) is 3.00. The number of methoxy groups -OCH3 is 1. The van der Waals surface area contributed by atoms with E-state index in [1.165, 1.54) is 37.5 Å². The summed E-state index contributed by atoms with van der Waals surface area (Å²) in [5.41, 5.74) is 1.16. The molecule has 0 saturated carbocycles. The number of amides is 2. The van der Waals surface area contributed by atoms with Gasteiger partial charge in [-0.3, -0.25) is 9.59 Å². The van der Waals surface area contributed by atoms with Crippen LogP contribution >= 0.6 is 0 Å². The molecule has 0 saturated heterocycles. The van der Waals surface area contributed by atoms with E-state index in [9.17, 15) is 19.6 Å². The summed E-state index contributed by atoms with van der Waals surface area (Å²) in [5, 5.41) is 23.7. The second-order valence-corrected chi connectivity index (χ2v) is 7.12. The van der Waals surface area contributed by atoms with E-state index in [0.717, 1.165) is 0 Å². The summed E-state index contributed by atoms with van der Waals surface area (Å²) in [4.78, 5) is 35.8. The van der Waals surface area contributed by atoms with Crippen LogP contribution in [0.3, 0.4) is 0 Å². The van der Waals surface area contributed by atoms with E-state index in [4.69, 9.17) is 14.6 Å². The van der Waals surface area contributed by atoms with Gasteiger partial charge in [0.25, 0.3) is 11.8 Å². The van der Waals surface area contributed by atoms with E-state index in [2.05, 4.69) is 10.6 Å². The van der Waals surface area contributed by atoms with E-state index in [1.54, 1.807) is 42.5 Å². The van der Waals surface area contributed by atoms with Gasteiger partial charge in [0.05, 0.1) is 12.7 Å². The fraction of sp³-hybridized carbons (Fsp3) is 0.0769. The van der Waals surface area contributed by atoms with Crippen LogP contribution in [0.25, 0.3) is 6.08 Å². The quantitative estimate of drug-likeness (QED) is 0.317. The van der Waals surface area contributed by atoms with Gasteiger partial charge in [-0.2, -0.15) is 5.26 Å². The van der Waals surface area contributed by atoms with Crippen LogP contribution in [-0.4, -0.2) is 36.6 Å². The first kappa shape index (κ1) is 24.5. The lowest BCUT2D eigenvalue weighted by Gasteiger charge is -2.12. The van der Waals surface area contributed by atoms with Gasteiger partial charge < -0.3 is 25.2 Å². The van der Waals surface area contributed by atoms with Crippen molar-refractivity contribution in [3.63, 3.8) is 0 Å². The minimum Gasteiger partial charge on any atom is -0.493 e. The summed E-state index contributed by atoms with van der Waals surface area (Å²) in [6, 6.07) is 21.2. The lowest BCUT2D eigenvalue weighted by molar-refractivity contribution is -0.118. The second-order valence-electron chi connectivity index (χ2n) is 7.12. The van der Waals surface area contributed by atoms with Gasteiger partial charge in [-0.1, -0.05) is 30.3 Å². The predicted molar refractivity (Wildman–Crippen MR) is 129 cm³/mol. The third-order valence-corrected chi connectivity index (χ3v) is 4.65. The molecule has 0 heterocycles. The van der Waals surface area contributed by atoms with Crippen molar-refractivity contribution in [1.82, 2.24) is 0 Å². The Balaban J connectivity index is 1.69. The van der Waals surface area contributed by atoms with Crippen molar-refractivity contribution in [3.05, 3.63) is 89.5 Å². The largest absolute Gasteiger partial charge is 0.493 e. The SMILES string of the molecule is COc1cc(C=C(C#N)C(=O)Nc2cccc(C(=O)O)c2)ccc1OCC(=O)Nc1ccccc1. The Morgan fingerprint density at radius 1 is 0.943 bits per heavy atom. The molecule has 0 atom stereocenters. The zero-order chi connectivity index (χ0) is 25.2. The van der Waals surface area contributed by atoms with Crippen molar-refractivity contribution in [2.45, 2.75) is 0 Å². The topological polar surface area (TPSA) is 138 Å². The van der Waals surface area contributed by atoms with Gasteiger partial charge >= 0.3 is 5.97 Å². The summed E-state index contributed by atoms with van der Waals surface area (Å²) in [6.45, 7) is -0.248. The first-order chi connectivity index (χ1) is 16.9. The molecule has 3 N–H and O–H groups in total. The van der Waals surface area contributed by atoms with Crippen LogP contribution in [0.15, 0.2) is 78.4 Å². The summed E-state index contributed by atoms with van der Waals surface area (Å²) < 4.78 is 10.9. The lowest BCUT2D eigenvalue weighted by atomic mass is 10.1. The fourth-order valence-corrected chi connectivity index (χ4v) is 3.00. The van der Waals surface area contributed by atoms with E-state index in [0.29, 0.717) is 22.7 Å². The Bertz CT molecular complexity index is 1310. The number of nitriles is 1. The second kappa shape index (κ2) is 11.7. The summed E-state index contributed by atoms with van der Waals surface area (Å²) >= 11 is 0. The first-order valence-corrected chi connectivity index (χ1v) is 10.3. The minimum atomic E-state index is -1.14. The van der Waals surface area contributed by atoms with Crippen LogP contribution in [-0.2, 0) is 9.59 Å². The highest BCUT2D eigenvalue weighted by molar-refractivity contribution is 6.10. The lowest BCUT2D eigenvalue weighted by Crippen LogP contribution is -2.20. The molecule has 3 rings (SSSR count). The number of carbonyl (C=O) groups is 3. The number of para-hydroxylation sites is 1. The van der Waals surface area contributed by atoms with Gasteiger partial charge in [-0.15, -0.1) is 0 Å². The Morgan fingerprint density at radius 2 is 1.69 bits per heavy atom. The average Bonchev–Trinajstić information content (AvgIpc) is 2.86. The molecule has 9 nitrogen and oxygen atoms in total. The number of hydrogen-bond donors (Lipinski definition) is 3. The summed E-state index contributed by atoms with van der Waals surface area (Å²) in [7, 11) is 1.42. The van der Waals surface area contributed by atoms with Gasteiger partial charge in [0, 0.05) is 11.4 Å². The number of benzene rings is 3. The molecule has 0 fully saturated rings. The molecular formula is C26H21N3O6. The summed E-state index contributed by atoms with van der Waals surface area (Å²) in [5.74, 6) is -1.58. The highest BCUT2D eigenvalue weighted by Crippen LogP contribution is 2.29. The van der Waals surface area contributed by atoms with Crippen LogP contribution in [0.2, 0.25) is 0 Å². The minimum absolute atomic E-state index is 0.00284. The maximum absolute atomic E-state index is 12.5. The maximum Gasteiger partial charge on any atom is 0.335 e. The van der Waals surface area contributed by atoms with Crippen LogP contribution < -0.4 is 20.1 Å². The van der Waals surface area contributed by atoms with Crippen molar-refractivity contribution in [2.24, 2.45) is 0 Å². The van der Waals surface area contributed by atoms with Crippen molar-refractivity contribution in [3.8, 4) is 17.6 Å². The molecule has 0 aliphatic heterocycles. The zero-order valence-electron chi connectivity index (χ0n) is 18.6. The molecule has 3 aromatic carbocycles. The molecule has 0 aliphatic carbocycles. The number of aromatic carboxylic acids is 1. The van der Waals surface area contributed by atoms with Crippen molar-refractivity contribution in [2.75, 3.05) is 24.4 Å². The van der Waals surface area contributed by atoms with Crippen molar-refractivity contribution in [1.29, 1.82) is 5.26 Å². The molecule has 2 amide bonds. The smallest absolute Gasteiger partial charge is 0.335 e. The van der Waals surface area contributed by atoms with Crippen LogP contribution in [0.4, 0.5) is 11.4 Å². The van der Waals surface area contributed by atoms with Gasteiger partial charge in [-0.05, 0) is 54.1 Å². The standard InChI is InChI=1S/C26H21N3O6/c1-34-23-13-17(10-11-22(23)35-16-24(30)28-20-7-3-2-4-8-20)12-19(15-27)25(31)29-21-9-5-6-18(14-21)26(32)33/h2-14H,16H2,1H3,(H,28,30)(H,29,31)(H,32,33). The molecule has 35 heavy (non-hydrogen) atoms. The van der Waals surface area contributed by atoms with Gasteiger partial charge in [0.1, 0.15) is 11.6 Å². The van der Waals surface area contributed by atoms with E-state index < -0.39 is 11.9 Å². The maximum atomic E-state index is 12.5. The van der Waals surface area contributed by atoms with Crippen LogP contribution in [0.1, 0.15) is 15.9 Å². The van der Waals surface area contributed by atoms with E-state index >= 15 is 0 Å². The predicted octanol–water partition coefficient (Wildman–Crippen LogP) is 3.96. The van der Waals surface area contributed by atoms with E-state index in [-0.39, 0.29) is 29.3 Å². The van der Waals surface area contributed by atoms with Crippen LogP contribution in [0, 0.1) is 11.3 Å². The Labute approximate surface area is 201 Å². The molecule has 3 aromatic rings. The Kier molecular flexibility index (Phi) is 8.18. The number of anilines is 2. The van der Waals surface area contributed by atoms with Crippen molar-refractivity contribution < 1.29 is 29.0 Å². The van der Waals surface area contributed by atoms with Crippen LogP contribution in [0.5, 0.6) is 11.5 Å². The zero-order valence-corrected chi connectivity index (χ0v) is 18.6. The molecule has 176 valence electrons. The third kappa shape index (κ3) is 6.94. The molecule has 0 radical (unpaired) electrons. The highest BCUT2D eigenvalue weighted by Gasteiger charge is 2.13. The highest BCUT2D eigenvalue weighted by atomic mass is 16.5. The average molecular weight is 471 g/mol. The van der Waals surface area contributed by atoms with Gasteiger partial charge in [0.2, 0.25) is 0 Å². The number of nitrogens with one attached hydrogen (secondary N) is 2. The summed E-state index contributed by atoms with van der Waals surface area (Å²) in [6.07, 6.45) is 1.35. The number of hydrogen-bond acceptors (Lipinski definition) is 6. The molecule has 0 bridgehead atoms. The molecule has 9 heteroatoms. The monoisotopic (exact) mass is 471 g/mol. The van der Waals surface area contributed by atoms with E-state index in [1.807, 2.05) is 12.1 Å². The number of carboxylic acids is 1.